The summed E-state index contributed by atoms with van der Waals surface area (Å²) >= 11 is 0. The average molecular weight is 426 g/mol. The van der Waals surface area contributed by atoms with E-state index in [4.69, 9.17) is 0 Å². The van der Waals surface area contributed by atoms with E-state index in [2.05, 4.69) is 10.4 Å². The van der Waals surface area contributed by atoms with Crippen molar-refractivity contribution in [2.75, 3.05) is 25.2 Å². The first-order chi connectivity index (χ1) is 13.5. The summed E-state index contributed by atoms with van der Waals surface area (Å²) in [6.07, 6.45) is 1.21. The van der Waals surface area contributed by atoms with Crippen LogP contribution in [-0.2, 0) is 21.2 Å². The Balaban J connectivity index is 1.68. The summed E-state index contributed by atoms with van der Waals surface area (Å²) in [5, 5.41) is 7.35. The lowest BCUT2D eigenvalue weighted by Gasteiger charge is -2.22. The number of nitrogens with zero attached hydrogens (tertiary/aromatic N) is 4. The predicted molar refractivity (Wildman–Crippen MR) is 109 cm³/mol. The molecule has 2 fully saturated rings. The molecule has 1 aromatic rings. The minimum absolute atomic E-state index is 0.125. The minimum Gasteiger partial charge on any atom is -0.326 e. The molecule has 0 aliphatic carbocycles. The van der Waals surface area contributed by atoms with E-state index >= 15 is 0 Å². The number of nitrogens with one attached hydrogen (secondary N) is 1. The van der Waals surface area contributed by atoms with Crippen LogP contribution in [0.4, 0.5) is 4.79 Å². The van der Waals surface area contributed by atoms with E-state index in [1.807, 2.05) is 44.3 Å². The van der Waals surface area contributed by atoms with E-state index < -0.39 is 15.9 Å². The number of carbonyl (C=O) groups is 2. The molecular weight excluding hydrogens is 394 g/mol. The third-order valence-electron chi connectivity index (χ3n) is 5.65. The molecule has 2 atom stereocenters. The highest BCUT2D eigenvalue weighted by molar-refractivity contribution is 7.91. The molecule has 3 rings (SSSR count). The molecule has 2 aliphatic heterocycles. The summed E-state index contributed by atoms with van der Waals surface area (Å²) in [6.45, 7) is 8.60. The number of aromatic nitrogens is 2. The first kappa shape index (κ1) is 21.8. The summed E-state index contributed by atoms with van der Waals surface area (Å²) in [4.78, 5) is 27.9. The fraction of sp³-hybridized carbons (Fsp3) is 0.737. The Morgan fingerprint density at radius 2 is 1.97 bits per heavy atom. The van der Waals surface area contributed by atoms with Crippen LogP contribution in [0.5, 0.6) is 0 Å². The van der Waals surface area contributed by atoms with Crippen LogP contribution >= 0.6 is 0 Å². The summed E-state index contributed by atoms with van der Waals surface area (Å²) in [7, 11) is -1.14. The van der Waals surface area contributed by atoms with E-state index in [0.717, 1.165) is 17.0 Å². The summed E-state index contributed by atoms with van der Waals surface area (Å²) in [5.41, 5.74) is 2.78. The molecule has 1 N–H and O–H groups in total. The van der Waals surface area contributed by atoms with Gasteiger partial charge in [0, 0.05) is 17.8 Å². The fourth-order valence-electron chi connectivity index (χ4n) is 4.15. The maximum Gasteiger partial charge on any atom is 0.325 e. The van der Waals surface area contributed by atoms with Crippen LogP contribution < -0.4 is 5.32 Å². The summed E-state index contributed by atoms with van der Waals surface area (Å²) in [5.74, 6) is 0.465. The van der Waals surface area contributed by atoms with Gasteiger partial charge in [0.15, 0.2) is 9.84 Å². The lowest BCUT2D eigenvalue weighted by molar-refractivity contribution is -0.129. The van der Waals surface area contributed by atoms with Crippen molar-refractivity contribution in [2.24, 2.45) is 5.92 Å². The molecule has 2 unspecified atom stereocenters. The van der Waals surface area contributed by atoms with Gasteiger partial charge in [-0.1, -0.05) is 13.8 Å². The monoisotopic (exact) mass is 425 g/mol. The number of hydrogen-bond donors (Lipinski definition) is 1. The molecule has 0 radical (unpaired) electrons. The molecule has 3 heterocycles. The Morgan fingerprint density at radius 3 is 2.55 bits per heavy atom. The second-order valence-corrected chi connectivity index (χ2v) is 10.9. The zero-order valence-electron chi connectivity index (χ0n) is 17.8. The first-order valence-electron chi connectivity index (χ1n) is 10.0. The standard InChI is InChI=1S/C19H31N5O4S/c1-12(2)8-17-18(25)23(19(26)20-17)11-22(5)9-16-13(3)21-24(14(16)4)15-6-7-29(27,28)10-15/h12,15,17H,6-11H2,1-5H3,(H,20,26). The highest BCUT2D eigenvalue weighted by atomic mass is 32.2. The van der Waals surface area contributed by atoms with Crippen LogP contribution in [0.3, 0.4) is 0 Å². The summed E-state index contributed by atoms with van der Waals surface area (Å²) < 4.78 is 25.5. The van der Waals surface area contributed by atoms with E-state index in [1.165, 1.54) is 4.90 Å². The van der Waals surface area contributed by atoms with Crippen LogP contribution in [0.15, 0.2) is 0 Å². The van der Waals surface area contributed by atoms with Gasteiger partial charge in [-0.25, -0.2) is 18.1 Å². The molecule has 162 valence electrons. The molecular formula is C19H31N5O4S. The second-order valence-electron chi connectivity index (χ2n) is 8.70. The number of urea groups is 1. The number of carbonyl (C=O) groups excluding carboxylic acids is 2. The van der Waals surface area contributed by atoms with Gasteiger partial charge >= 0.3 is 6.03 Å². The van der Waals surface area contributed by atoms with Gasteiger partial charge in [-0.2, -0.15) is 5.10 Å². The number of amides is 3. The van der Waals surface area contributed by atoms with Crippen LogP contribution in [0.25, 0.3) is 0 Å². The predicted octanol–water partition coefficient (Wildman–Crippen LogP) is 1.22. The Hall–Kier alpha value is -1.94. The maximum absolute atomic E-state index is 12.6. The highest BCUT2D eigenvalue weighted by Gasteiger charge is 2.38. The molecule has 2 aliphatic rings. The quantitative estimate of drug-likeness (QED) is 0.659. The normalized spacial score (nSPS) is 24.2. The Labute approximate surface area is 172 Å². The number of imide groups is 1. The van der Waals surface area contributed by atoms with Gasteiger partial charge in [0.05, 0.1) is 29.9 Å². The number of hydrogen-bond acceptors (Lipinski definition) is 6. The average Bonchev–Trinajstić information content (AvgIpc) is 3.19. The molecule has 0 bridgehead atoms. The Bertz CT molecular complexity index is 908. The molecule has 3 amide bonds. The van der Waals surface area contributed by atoms with Crippen molar-refractivity contribution in [2.45, 2.75) is 59.2 Å². The van der Waals surface area contributed by atoms with Crippen molar-refractivity contribution >= 4 is 21.8 Å². The SMILES string of the molecule is Cc1nn(C2CCS(=O)(=O)C2)c(C)c1CN(C)CN1C(=O)NC(CC(C)C)C1=O. The van der Waals surface area contributed by atoms with E-state index in [9.17, 15) is 18.0 Å². The molecule has 10 heteroatoms. The minimum atomic E-state index is -2.99. The molecule has 2 saturated heterocycles. The van der Waals surface area contributed by atoms with E-state index in [-0.39, 0.29) is 36.2 Å². The van der Waals surface area contributed by atoms with Crippen molar-refractivity contribution in [3.8, 4) is 0 Å². The van der Waals surface area contributed by atoms with Gasteiger partial charge in [-0.05, 0) is 39.7 Å². The largest absolute Gasteiger partial charge is 0.326 e. The highest BCUT2D eigenvalue weighted by Crippen LogP contribution is 2.27. The van der Waals surface area contributed by atoms with Crippen LogP contribution in [0.1, 0.15) is 49.7 Å². The van der Waals surface area contributed by atoms with Gasteiger partial charge in [-0.3, -0.25) is 14.4 Å². The van der Waals surface area contributed by atoms with Gasteiger partial charge in [0.1, 0.15) is 6.04 Å². The van der Waals surface area contributed by atoms with Crippen LogP contribution in [-0.4, -0.2) is 71.2 Å². The van der Waals surface area contributed by atoms with Crippen LogP contribution in [0.2, 0.25) is 0 Å². The Morgan fingerprint density at radius 1 is 1.28 bits per heavy atom. The molecule has 9 nitrogen and oxygen atoms in total. The molecule has 29 heavy (non-hydrogen) atoms. The van der Waals surface area contributed by atoms with Gasteiger partial charge < -0.3 is 5.32 Å². The Kier molecular flexibility index (Phi) is 6.05. The smallest absolute Gasteiger partial charge is 0.325 e. The van der Waals surface area contributed by atoms with E-state index in [1.54, 1.807) is 0 Å². The topological polar surface area (TPSA) is 105 Å². The molecule has 0 aromatic carbocycles. The third-order valence-corrected chi connectivity index (χ3v) is 7.40. The second kappa shape index (κ2) is 8.06. The first-order valence-corrected chi connectivity index (χ1v) is 11.9. The maximum atomic E-state index is 12.6. The number of rotatable bonds is 7. The van der Waals surface area contributed by atoms with Crippen LogP contribution in [0, 0.1) is 19.8 Å². The molecule has 0 saturated carbocycles. The molecule has 0 spiro atoms. The third kappa shape index (κ3) is 4.63. The fourth-order valence-corrected chi connectivity index (χ4v) is 5.84. The molecule has 1 aromatic heterocycles. The van der Waals surface area contributed by atoms with Crippen molar-refractivity contribution in [3.63, 3.8) is 0 Å². The summed E-state index contributed by atoms with van der Waals surface area (Å²) in [6, 6.07) is -0.931. The van der Waals surface area contributed by atoms with Gasteiger partial charge in [-0.15, -0.1) is 0 Å². The van der Waals surface area contributed by atoms with Crippen molar-refractivity contribution in [3.05, 3.63) is 17.0 Å². The van der Waals surface area contributed by atoms with Crippen molar-refractivity contribution in [1.82, 2.24) is 24.9 Å². The zero-order valence-corrected chi connectivity index (χ0v) is 18.6. The van der Waals surface area contributed by atoms with Gasteiger partial charge in [0.2, 0.25) is 0 Å². The van der Waals surface area contributed by atoms with E-state index in [0.29, 0.717) is 25.3 Å². The van der Waals surface area contributed by atoms with Crippen molar-refractivity contribution < 1.29 is 18.0 Å². The lowest BCUT2D eigenvalue weighted by Crippen LogP contribution is -2.40. The van der Waals surface area contributed by atoms with Gasteiger partial charge in [0.25, 0.3) is 5.91 Å². The number of sulfone groups is 1. The zero-order chi connectivity index (χ0) is 21.5. The van der Waals surface area contributed by atoms with Crippen molar-refractivity contribution in [1.29, 1.82) is 0 Å². The number of aryl methyl sites for hydroxylation is 1. The lowest BCUT2D eigenvalue weighted by atomic mass is 10.0.